The predicted molar refractivity (Wildman–Crippen MR) is 223 cm³/mol. The molecule has 0 atom stereocenters. The van der Waals surface area contributed by atoms with Crippen LogP contribution in [0.4, 0.5) is 17.6 Å². The molecule has 1 fully saturated rings. The van der Waals surface area contributed by atoms with Gasteiger partial charge in [0.2, 0.25) is 17.8 Å². The predicted octanol–water partition coefficient (Wildman–Crippen LogP) is 3.59. The molecule has 292 valence electrons. The zero-order valence-corrected chi connectivity index (χ0v) is 32.8. The normalized spacial score (nSPS) is 14.4. The first-order valence-electron chi connectivity index (χ1n) is 19.2. The fraction of sp³-hybridized carbons (Fsp3) is 0.425. The van der Waals surface area contributed by atoms with Gasteiger partial charge in [0.05, 0.1) is 16.8 Å². The maximum Gasteiger partial charge on any atom is 0.323 e. The summed E-state index contributed by atoms with van der Waals surface area (Å²) in [5, 5.41) is 21.0. The molecular formula is C40H54N12O2S. The Bertz CT molecular complexity index is 1880. The minimum atomic E-state index is -0.0243. The van der Waals surface area contributed by atoms with Crippen molar-refractivity contribution < 1.29 is 9.53 Å². The number of fused-ring (bicyclic) bond motifs is 1. The minimum absolute atomic E-state index is 0.0243. The zero-order chi connectivity index (χ0) is 38.1. The Morgan fingerprint density at radius 3 is 2.25 bits per heavy atom. The Morgan fingerprint density at radius 2 is 1.51 bits per heavy atom. The van der Waals surface area contributed by atoms with Gasteiger partial charge < -0.3 is 41.5 Å². The molecule has 14 nitrogen and oxygen atoms in total. The number of nitrogens with zero attached hydrogens (tertiary/aromatic N) is 6. The first kappa shape index (κ1) is 39.8. The van der Waals surface area contributed by atoms with E-state index < -0.39 is 0 Å². The molecule has 0 spiro atoms. The number of likely N-dealkylation sites (N-methyl/N-ethyl adjacent to an activating group) is 1. The maximum atomic E-state index is 12.8. The Morgan fingerprint density at radius 1 is 0.818 bits per heavy atom. The fourth-order valence-corrected chi connectivity index (χ4v) is 7.06. The standard InChI is InChI=1S/C40H54N12O2S/c1-30-7-3-4-8-32(30)29-46-39-48-38(45-16-15-36(53)44-23-26-52-24-21-42-19-17-41-18-20-43-22-25-52)49-40(50-39)54-28-27-51(2)33-13-11-31(12-14-33)37-47-34-9-5-6-10-35(34)55-37/h3-14,41-43H,15-29H2,1-2H3,(H,44,53)(H2,45,46,48,49,50). The van der Waals surface area contributed by atoms with Gasteiger partial charge in [-0.1, -0.05) is 36.4 Å². The molecule has 1 aliphatic heterocycles. The number of rotatable bonds is 16. The third-order valence-electron chi connectivity index (χ3n) is 9.37. The molecule has 5 aromatic rings. The van der Waals surface area contributed by atoms with E-state index in [1.165, 1.54) is 10.3 Å². The molecule has 1 saturated heterocycles. The van der Waals surface area contributed by atoms with Gasteiger partial charge in [-0.2, -0.15) is 15.0 Å². The molecule has 0 unspecified atom stereocenters. The van der Waals surface area contributed by atoms with Gasteiger partial charge >= 0.3 is 6.01 Å². The van der Waals surface area contributed by atoms with E-state index in [4.69, 9.17) is 9.72 Å². The van der Waals surface area contributed by atoms with E-state index in [0.717, 1.165) is 86.2 Å². The van der Waals surface area contributed by atoms with E-state index in [-0.39, 0.29) is 18.3 Å². The second kappa shape index (κ2) is 21.2. The zero-order valence-electron chi connectivity index (χ0n) is 31.9. The molecule has 6 N–H and O–H groups in total. The van der Waals surface area contributed by atoms with Gasteiger partial charge in [0, 0.05) is 103 Å². The van der Waals surface area contributed by atoms with Crippen LogP contribution >= 0.6 is 11.3 Å². The van der Waals surface area contributed by atoms with Crippen LogP contribution in [0.15, 0.2) is 72.8 Å². The topological polar surface area (TPSA) is 157 Å². The number of para-hydroxylation sites is 1. The number of aryl methyl sites for hydroxylation is 1. The van der Waals surface area contributed by atoms with Crippen molar-refractivity contribution in [3.63, 3.8) is 0 Å². The van der Waals surface area contributed by atoms with Crippen molar-refractivity contribution in [2.75, 3.05) is 108 Å². The monoisotopic (exact) mass is 766 g/mol. The van der Waals surface area contributed by atoms with E-state index in [1.807, 2.05) is 37.4 Å². The summed E-state index contributed by atoms with van der Waals surface area (Å²) in [6.07, 6.45) is 0.284. The summed E-state index contributed by atoms with van der Waals surface area (Å²) in [5.74, 6) is 0.715. The third kappa shape index (κ3) is 12.8. The van der Waals surface area contributed by atoms with E-state index in [1.54, 1.807) is 11.3 Å². The molecule has 55 heavy (non-hydrogen) atoms. The van der Waals surface area contributed by atoms with Crippen LogP contribution in [0.5, 0.6) is 6.01 Å². The number of hydrogen-bond acceptors (Lipinski definition) is 14. The number of hydrogen-bond donors (Lipinski definition) is 6. The lowest BCUT2D eigenvalue weighted by atomic mass is 10.1. The summed E-state index contributed by atoms with van der Waals surface area (Å²) < 4.78 is 7.26. The molecular weight excluding hydrogens is 713 g/mol. The summed E-state index contributed by atoms with van der Waals surface area (Å²) >= 11 is 1.70. The van der Waals surface area contributed by atoms with Gasteiger partial charge in [0.1, 0.15) is 11.6 Å². The highest BCUT2D eigenvalue weighted by molar-refractivity contribution is 7.21. The summed E-state index contributed by atoms with van der Waals surface area (Å²) in [7, 11) is 2.03. The molecule has 0 aliphatic carbocycles. The molecule has 6 rings (SSSR count). The molecule has 1 amide bonds. The number of thiazole rings is 1. The van der Waals surface area contributed by atoms with Crippen LogP contribution in [-0.4, -0.2) is 123 Å². The SMILES string of the molecule is Cc1ccccc1CNc1nc(NCCC(=O)NCCN2CCNCCNCCNCC2)nc(OCCN(C)c2ccc(-c3nc4ccccc4s3)cc2)n1. The Balaban J connectivity index is 0.992. The Kier molecular flexibility index (Phi) is 15.3. The van der Waals surface area contributed by atoms with E-state index in [0.29, 0.717) is 44.7 Å². The highest BCUT2D eigenvalue weighted by Gasteiger charge is 2.12. The molecule has 15 heteroatoms. The van der Waals surface area contributed by atoms with Crippen LogP contribution in [0.3, 0.4) is 0 Å². The number of amides is 1. The van der Waals surface area contributed by atoms with E-state index >= 15 is 0 Å². The summed E-state index contributed by atoms with van der Waals surface area (Å²) in [6, 6.07) is 25.0. The summed E-state index contributed by atoms with van der Waals surface area (Å²) in [5.41, 5.74) is 5.50. The number of aromatic nitrogens is 4. The van der Waals surface area contributed by atoms with Gasteiger partial charge in [-0.15, -0.1) is 11.3 Å². The van der Waals surface area contributed by atoms with Gasteiger partial charge in [0.15, 0.2) is 0 Å². The second-order valence-electron chi connectivity index (χ2n) is 13.5. The second-order valence-corrected chi connectivity index (χ2v) is 14.5. The van der Waals surface area contributed by atoms with Gasteiger partial charge in [-0.05, 0) is 54.4 Å². The fourth-order valence-electron chi connectivity index (χ4n) is 6.09. The highest BCUT2D eigenvalue weighted by atomic mass is 32.1. The van der Waals surface area contributed by atoms with Crippen molar-refractivity contribution in [2.24, 2.45) is 0 Å². The Labute approximate surface area is 327 Å². The molecule has 0 saturated carbocycles. The van der Waals surface area contributed by atoms with Crippen LogP contribution in [0, 0.1) is 6.92 Å². The smallest absolute Gasteiger partial charge is 0.323 e. The quantitative estimate of drug-likeness (QED) is 0.0868. The minimum Gasteiger partial charge on any atom is -0.461 e. The first-order valence-corrected chi connectivity index (χ1v) is 20.0. The maximum absolute atomic E-state index is 12.8. The van der Waals surface area contributed by atoms with Gasteiger partial charge in [0.25, 0.3) is 0 Å². The number of carbonyl (C=O) groups excluding carboxylic acids is 1. The van der Waals surface area contributed by atoms with E-state index in [9.17, 15) is 4.79 Å². The number of ether oxygens (including phenoxy) is 1. The van der Waals surface area contributed by atoms with Crippen molar-refractivity contribution in [1.29, 1.82) is 0 Å². The lowest BCUT2D eigenvalue weighted by Gasteiger charge is -2.23. The van der Waals surface area contributed by atoms with Crippen molar-refractivity contribution >= 4 is 45.0 Å². The van der Waals surface area contributed by atoms with Crippen LogP contribution < -0.4 is 41.5 Å². The van der Waals surface area contributed by atoms with Crippen molar-refractivity contribution in [2.45, 2.75) is 19.9 Å². The number of benzene rings is 3. The molecule has 0 bridgehead atoms. The average molecular weight is 767 g/mol. The van der Waals surface area contributed by atoms with E-state index in [2.05, 4.69) is 106 Å². The number of carbonyl (C=O) groups is 1. The molecule has 3 heterocycles. The number of anilines is 3. The van der Waals surface area contributed by atoms with Crippen LogP contribution in [0.1, 0.15) is 17.5 Å². The Hall–Kier alpha value is -4.93. The summed E-state index contributed by atoms with van der Waals surface area (Å²) in [4.78, 5) is 35.7. The largest absolute Gasteiger partial charge is 0.461 e. The molecule has 3 aromatic carbocycles. The van der Waals surface area contributed by atoms with Gasteiger partial charge in [-0.25, -0.2) is 4.98 Å². The highest BCUT2D eigenvalue weighted by Crippen LogP contribution is 2.31. The van der Waals surface area contributed by atoms with Crippen molar-refractivity contribution in [3.05, 3.63) is 83.9 Å². The summed E-state index contributed by atoms with van der Waals surface area (Å²) in [6.45, 7) is 13.0. The average Bonchev–Trinajstić information content (AvgIpc) is 3.63. The molecule has 1 aliphatic rings. The van der Waals surface area contributed by atoms with Gasteiger partial charge in [-0.3, -0.25) is 9.69 Å². The van der Waals surface area contributed by atoms with Crippen molar-refractivity contribution in [1.82, 2.24) is 46.1 Å². The van der Waals surface area contributed by atoms with Crippen LogP contribution in [0.25, 0.3) is 20.8 Å². The molecule has 2 aromatic heterocycles. The first-order chi connectivity index (χ1) is 27.0. The lowest BCUT2D eigenvalue weighted by molar-refractivity contribution is -0.120. The van der Waals surface area contributed by atoms with Crippen LogP contribution in [-0.2, 0) is 11.3 Å². The lowest BCUT2D eigenvalue weighted by Crippen LogP contribution is -2.44. The molecule has 0 radical (unpaired) electrons. The van der Waals surface area contributed by atoms with Crippen LogP contribution in [0.2, 0.25) is 0 Å². The third-order valence-corrected chi connectivity index (χ3v) is 10.5. The number of nitrogens with one attached hydrogen (secondary N) is 6. The van der Waals surface area contributed by atoms with Crippen molar-refractivity contribution in [3.8, 4) is 16.6 Å².